The Morgan fingerprint density at radius 2 is 1.58 bits per heavy atom. The second kappa shape index (κ2) is 9.07. The zero-order chi connectivity index (χ0) is 14.9. The predicted octanol–water partition coefficient (Wildman–Crippen LogP) is 1.60. The Bertz CT molecular complexity index is 332. The standard InChI is InChI=1S/C11H21O7P/c1-5-17-19(14,18-6-2)8-9(11(13)16-4)7-10(12)15-3/h9H,5-8H2,1-4H3. The van der Waals surface area contributed by atoms with Crippen molar-refractivity contribution in [2.45, 2.75) is 20.3 Å². The number of ether oxygens (including phenoxy) is 2. The van der Waals surface area contributed by atoms with Gasteiger partial charge in [-0.3, -0.25) is 14.2 Å². The maximum absolute atomic E-state index is 12.3. The molecule has 0 heterocycles. The van der Waals surface area contributed by atoms with Crippen LogP contribution in [0.4, 0.5) is 0 Å². The molecule has 8 heteroatoms. The predicted molar refractivity (Wildman–Crippen MR) is 67.9 cm³/mol. The van der Waals surface area contributed by atoms with Crippen LogP contribution in [0.3, 0.4) is 0 Å². The minimum absolute atomic E-state index is 0.184. The summed E-state index contributed by atoms with van der Waals surface area (Å²) in [5, 5.41) is 0. The van der Waals surface area contributed by atoms with Crippen LogP contribution in [0.1, 0.15) is 20.3 Å². The first-order chi connectivity index (χ1) is 8.92. The first kappa shape index (κ1) is 18.1. The summed E-state index contributed by atoms with van der Waals surface area (Å²) in [5.74, 6) is -2.15. The minimum atomic E-state index is -3.42. The van der Waals surface area contributed by atoms with Gasteiger partial charge in [-0.25, -0.2) is 0 Å². The van der Waals surface area contributed by atoms with Gasteiger partial charge in [-0.15, -0.1) is 0 Å². The molecule has 0 aromatic carbocycles. The number of hydrogen-bond donors (Lipinski definition) is 0. The molecule has 0 saturated carbocycles. The highest BCUT2D eigenvalue weighted by molar-refractivity contribution is 7.53. The molecule has 0 radical (unpaired) electrons. The fourth-order valence-corrected chi connectivity index (χ4v) is 3.37. The van der Waals surface area contributed by atoms with Crippen molar-refractivity contribution < 1.29 is 32.7 Å². The van der Waals surface area contributed by atoms with Crippen molar-refractivity contribution in [1.82, 2.24) is 0 Å². The number of methoxy groups -OCH3 is 2. The van der Waals surface area contributed by atoms with Crippen molar-refractivity contribution >= 4 is 19.5 Å². The summed E-state index contributed by atoms with van der Waals surface area (Å²) in [5.41, 5.74) is 0. The van der Waals surface area contributed by atoms with E-state index in [9.17, 15) is 14.2 Å². The van der Waals surface area contributed by atoms with E-state index in [1.54, 1.807) is 13.8 Å². The van der Waals surface area contributed by atoms with Gasteiger partial charge in [-0.1, -0.05) is 0 Å². The first-order valence-electron chi connectivity index (χ1n) is 5.95. The lowest BCUT2D eigenvalue weighted by atomic mass is 10.1. The number of hydrogen-bond acceptors (Lipinski definition) is 7. The molecule has 0 N–H and O–H groups in total. The molecule has 19 heavy (non-hydrogen) atoms. The molecule has 0 aliphatic carbocycles. The molecule has 0 spiro atoms. The summed E-state index contributed by atoms with van der Waals surface area (Å²) in [6.45, 7) is 3.70. The molecule has 0 rings (SSSR count). The van der Waals surface area contributed by atoms with Gasteiger partial charge in [-0.05, 0) is 13.8 Å². The second-order valence-corrected chi connectivity index (χ2v) is 5.73. The van der Waals surface area contributed by atoms with Gasteiger partial charge in [-0.2, -0.15) is 0 Å². The van der Waals surface area contributed by atoms with Crippen LogP contribution in [0.2, 0.25) is 0 Å². The molecule has 7 nitrogen and oxygen atoms in total. The highest BCUT2D eigenvalue weighted by Gasteiger charge is 2.34. The molecular weight excluding hydrogens is 275 g/mol. The SMILES string of the molecule is CCOP(=O)(CC(CC(=O)OC)C(=O)OC)OCC. The van der Waals surface area contributed by atoms with Gasteiger partial charge in [0.25, 0.3) is 0 Å². The molecule has 1 atom stereocenters. The lowest BCUT2D eigenvalue weighted by Crippen LogP contribution is -2.25. The molecule has 0 aromatic rings. The van der Waals surface area contributed by atoms with E-state index >= 15 is 0 Å². The van der Waals surface area contributed by atoms with Gasteiger partial charge in [0.15, 0.2) is 0 Å². The molecule has 0 aromatic heterocycles. The summed E-state index contributed by atoms with van der Waals surface area (Å²) in [4.78, 5) is 22.8. The Balaban J connectivity index is 4.89. The quantitative estimate of drug-likeness (QED) is 0.471. The van der Waals surface area contributed by atoms with Crippen LogP contribution in [0.15, 0.2) is 0 Å². The van der Waals surface area contributed by atoms with Gasteiger partial charge in [0.1, 0.15) is 0 Å². The number of carbonyl (C=O) groups is 2. The third kappa shape index (κ3) is 6.71. The van der Waals surface area contributed by atoms with Crippen molar-refractivity contribution in [2.24, 2.45) is 5.92 Å². The topological polar surface area (TPSA) is 88.1 Å². The van der Waals surface area contributed by atoms with E-state index < -0.39 is 25.5 Å². The molecule has 0 aliphatic heterocycles. The Hall–Kier alpha value is -0.910. The van der Waals surface area contributed by atoms with E-state index in [4.69, 9.17) is 9.05 Å². The molecule has 0 fully saturated rings. The molecule has 112 valence electrons. The fraction of sp³-hybridized carbons (Fsp3) is 0.818. The van der Waals surface area contributed by atoms with Crippen LogP contribution in [0, 0.1) is 5.92 Å². The highest BCUT2D eigenvalue weighted by atomic mass is 31.2. The van der Waals surface area contributed by atoms with Gasteiger partial charge in [0, 0.05) is 0 Å². The monoisotopic (exact) mass is 296 g/mol. The van der Waals surface area contributed by atoms with E-state index in [-0.39, 0.29) is 25.8 Å². The van der Waals surface area contributed by atoms with E-state index in [2.05, 4.69) is 9.47 Å². The Morgan fingerprint density at radius 1 is 1.05 bits per heavy atom. The van der Waals surface area contributed by atoms with Gasteiger partial charge in [0.05, 0.1) is 45.9 Å². The van der Waals surface area contributed by atoms with Crippen molar-refractivity contribution in [3.8, 4) is 0 Å². The van der Waals surface area contributed by atoms with Crippen molar-refractivity contribution in [3.05, 3.63) is 0 Å². The zero-order valence-corrected chi connectivity index (χ0v) is 12.6. The highest BCUT2D eigenvalue weighted by Crippen LogP contribution is 2.50. The van der Waals surface area contributed by atoms with Gasteiger partial charge >= 0.3 is 19.5 Å². The van der Waals surface area contributed by atoms with Gasteiger partial charge < -0.3 is 18.5 Å². The van der Waals surface area contributed by atoms with Gasteiger partial charge in [0.2, 0.25) is 0 Å². The number of rotatable bonds is 9. The first-order valence-corrected chi connectivity index (χ1v) is 7.68. The Labute approximate surface area is 113 Å². The summed E-state index contributed by atoms with van der Waals surface area (Å²) >= 11 is 0. The van der Waals surface area contributed by atoms with E-state index in [0.29, 0.717) is 0 Å². The van der Waals surface area contributed by atoms with Crippen molar-refractivity contribution in [1.29, 1.82) is 0 Å². The minimum Gasteiger partial charge on any atom is -0.469 e. The third-order valence-electron chi connectivity index (χ3n) is 2.27. The van der Waals surface area contributed by atoms with Crippen LogP contribution < -0.4 is 0 Å². The van der Waals surface area contributed by atoms with Crippen LogP contribution in [0.5, 0.6) is 0 Å². The number of carbonyl (C=O) groups excluding carboxylic acids is 2. The fourth-order valence-electron chi connectivity index (χ4n) is 1.48. The number of esters is 2. The zero-order valence-electron chi connectivity index (χ0n) is 11.7. The molecule has 0 amide bonds. The summed E-state index contributed by atoms with van der Waals surface area (Å²) in [6, 6.07) is 0. The summed E-state index contributed by atoms with van der Waals surface area (Å²) in [7, 11) is -1.01. The average Bonchev–Trinajstić information content (AvgIpc) is 2.37. The average molecular weight is 296 g/mol. The van der Waals surface area contributed by atoms with Crippen LogP contribution >= 0.6 is 7.60 Å². The molecule has 0 bridgehead atoms. The maximum atomic E-state index is 12.3. The molecule has 0 aliphatic rings. The molecule has 1 unspecified atom stereocenters. The van der Waals surface area contributed by atoms with E-state index in [1.165, 1.54) is 14.2 Å². The normalized spacial score (nSPS) is 12.8. The van der Waals surface area contributed by atoms with E-state index in [1.807, 2.05) is 0 Å². The van der Waals surface area contributed by atoms with Crippen LogP contribution in [-0.2, 0) is 32.7 Å². The maximum Gasteiger partial charge on any atom is 0.331 e. The van der Waals surface area contributed by atoms with Crippen molar-refractivity contribution in [2.75, 3.05) is 33.6 Å². The molecule has 0 saturated heterocycles. The van der Waals surface area contributed by atoms with E-state index in [0.717, 1.165) is 0 Å². The van der Waals surface area contributed by atoms with Crippen molar-refractivity contribution in [3.63, 3.8) is 0 Å². The Morgan fingerprint density at radius 3 is 1.95 bits per heavy atom. The largest absolute Gasteiger partial charge is 0.469 e. The van der Waals surface area contributed by atoms with Crippen LogP contribution in [-0.4, -0.2) is 45.5 Å². The van der Waals surface area contributed by atoms with Crippen LogP contribution in [0.25, 0.3) is 0 Å². The third-order valence-corrected chi connectivity index (χ3v) is 4.46. The smallest absolute Gasteiger partial charge is 0.331 e. The lowest BCUT2D eigenvalue weighted by Gasteiger charge is -2.21. The lowest BCUT2D eigenvalue weighted by molar-refractivity contribution is -0.151. The summed E-state index contributed by atoms with van der Waals surface area (Å²) < 4.78 is 31.5. The second-order valence-electron chi connectivity index (χ2n) is 3.63. The summed E-state index contributed by atoms with van der Waals surface area (Å²) in [6.07, 6.45) is -0.441. The molecular formula is C11H21O7P. The Kier molecular flexibility index (Phi) is 8.63.